The molecule has 102 valence electrons. The predicted molar refractivity (Wildman–Crippen MR) is 68.2 cm³/mol. The third kappa shape index (κ3) is 3.29. The van der Waals surface area contributed by atoms with E-state index < -0.39 is 0 Å². The Morgan fingerprint density at radius 1 is 1.33 bits per heavy atom. The first-order valence-corrected chi connectivity index (χ1v) is 6.74. The Hall–Kier alpha value is -0.940. The molecule has 1 fully saturated rings. The Kier molecular flexibility index (Phi) is 4.35. The van der Waals surface area contributed by atoms with E-state index in [2.05, 4.69) is 42.8 Å². The molecule has 2 atom stereocenters. The first kappa shape index (κ1) is 13.5. The highest BCUT2D eigenvalue weighted by Crippen LogP contribution is 2.22. The first-order chi connectivity index (χ1) is 8.56. The molecule has 0 aromatic carbocycles. The fourth-order valence-electron chi connectivity index (χ4n) is 2.22. The van der Waals surface area contributed by atoms with Gasteiger partial charge >= 0.3 is 0 Å². The molecular formula is C13H23N3O2. The van der Waals surface area contributed by atoms with Gasteiger partial charge in [-0.05, 0) is 19.8 Å². The zero-order valence-electron chi connectivity index (χ0n) is 11.7. The van der Waals surface area contributed by atoms with E-state index in [1.165, 1.54) is 0 Å². The summed E-state index contributed by atoms with van der Waals surface area (Å²) in [5.74, 6) is 2.00. The average molecular weight is 253 g/mol. The van der Waals surface area contributed by atoms with Crippen LogP contribution in [0.4, 0.5) is 0 Å². The molecule has 0 radical (unpaired) electrons. The molecule has 0 spiro atoms. The van der Waals surface area contributed by atoms with Gasteiger partial charge in [0, 0.05) is 19.5 Å². The van der Waals surface area contributed by atoms with Crippen LogP contribution in [0.5, 0.6) is 0 Å². The molecule has 2 heterocycles. The Morgan fingerprint density at radius 3 is 2.78 bits per heavy atom. The van der Waals surface area contributed by atoms with Crippen LogP contribution >= 0.6 is 0 Å². The van der Waals surface area contributed by atoms with Gasteiger partial charge in [-0.3, -0.25) is 4.90 Å². The van der Waals surface area contributed by atoms with Gasteiger partial charge < -0.3 is 9.15 Å². The number of ether oxygens (including phenoxy) is 1. The number of rotatable bonds is 4. The monoisotopic (exact) mass is 253 g/mol. The van der Waals surface area contributed by atoms with Crippen molar-refractivity contribution in [3.05, 3.63) is 11.8 Å². The zero-order chi connectivity index (χ0) is 13.1. The lowest BCUT2D eigenvalue weighted by Crippen LogP contribution is -2.42. The molecule has 5 heteroatoms. The van der Waals surface area contributed by atoms with Crippen LogP contribution in [0.15, 0.2) is 4.42 Å². The van der Waals surface area contributed by atoms with E-state index in [0.29, 0.717) is 5.92 Å². The van der Waals surface area contributed by atoms with Gasteiger partial charge in [-0.25, -0.2) is 0 Å². The molecular weight excluding hydrogens is 230 g/mol. The van der Waals surface area contributed by atoms with Gasteiger partial charge in [0.05, 0.1) is 18.8 Å². The van der Waals surface area contributed by atoms with E-state index in [-0.39, 0.29) is 12.1 Å². The fourth-order valence-corrected chi connectivity index (χ4v) is 2.22. The normalized spacial score (nSPS) is 23.5. The number of hydrogen-bond acceptors (Lipinski definition) is 5. The maximum absolute atomic E-state index is 5.74. The maximum Gasteiger partial charge on any atom is 0.233 e. The second-order valence-electron chi connectivity index (χ2n) is 5.48. The summed E-state index contributed by atoms with van der Waals surface area (Å²) in [6, 6.07) is 0.171. The van der Waals surface area contributed by atoms with Crippen molar-refractivity contribution in [1.29, 1.82) is 0 Å². The predicted octanol–water partition coefficient (Wildman–Crippen LogP) is 2.05. The van der Waals surface area contributed by atoms with Crippen molar-refractivity contribution >= 4 is 0 Å². The van der Waals surface area contributed by atoms with Crippen LogP contribution in [0.25, 0.3) is 0 Å². The maximum atomic E-state index is 5.74. The Labute approximate surface area is 109 Å². The molecule has 18 heavy (non-hydrogen) atoms. The van der Waals surface area contributed by atoms with Gasteiger partial charge in [-0.2, -0.15) is 0 Å². The standard InChI is InChI=1S/C13H23N3O2/c1-9(2)7-12-14-15-13(18-12)11(4)16-5-6-17-10(3)8-16/h9-11H,5-8H2,1-4H3/t10-,11+/m0/s1. The summed E-state index contributed by atoms with van der Waals surface area (Å²) < 4.78 is 11.3. The van der Waals surface area contributed by atoms with Crippen LogP contribution in [0, 0.1) is 5.92 Å². The molecule has 1 aromatic rings. The van der Waals surface area contributed by atoms with E-state index in [9.17, 15) is 0 Å². The lowest BCUT2D eigenvalue weighted by atomic mass is 10.1. The van der Waals surface area contributed by atoms with E-state index >= 15 is 0 Å². The van der Waals surface area contributed by atoms with Crippen molar-refractivity contribution < 1.29 is 9.15 Å². The summed E-state index contributed by atoms with van der Waals surface area (Å²) in [6.07, 6.45) is 1.12. The smallest absolute Gasteiger partial charge is 0.233 e. The van der Waals surface area contributed by atoms with Crippen LogP contribution < -0.4 is 0 Å². The molecule has 1 aromatic heterocycles. The van der Waals surface area contributed by atoms with E-state index in [1.807, 2.05) is 0 Å². The second-order valence-corrected chi connectivity index (χ2v) is 5.48. The van der Waals surface area contributed by atoms with Crippen LogP contribution in [0.1, 0.15) is 45.5 Å². The molecule has 0 bridgehead atoms. The molecule has 1 saturated heterocycles. The van der Waals surface area contributed by atoms with Gasteiger partial charge in [-0.1, -0.05) is 13.8 Å². The zero-order valence-corrected chi connectivity index (χ0v) is 11.7. The largest absolute Gasteiger partial charge is 0.424 e. The Morgan fingerprint density at radius 2 is 2.11 bits per heavy atom. The third-order valence-corrected chi connectivity index (χ3v) is 3.24. The van der Waals surface area contributed by atoms with Crippen molar-refractivity contribution in [3.63, 3.8) is 0 Å². The van der Waals surface area contributed by atoms with Crippen molar-refractivity contribution in [2.24, 2.45) is 5.92 Å². The first-order valence-electron chi connectivity index (χ1n) is 6.74. The summed E-state index contributed by atoms with van der Waals surface area (Å²) in [5.41, 5.74) is 0. The fraction of sp³-hybridized carbons (Fsp3) is 0.846. The molecule has 0 N–H and O–H groups in total. The van der Waals surface area contributed by atoms with Gasteiger partial charge in [0.2, 0.25) is 11.8 Å². The van der Waals surface area contributed by atoms with E-state index in [4.69, 9.17) is 9.15 Å². The van der Waals surface area contributed by atoms with Crippen LogP contribution in [-0.4, -0.2) is 40.9 Å². The van der Waals surface area contributed by atoms with Gasteiger partial charge in [-0.15, -0.1) is 10.2 Å². The van der Waals surface area contributed by atoms with E-state index in [0.717, 1.165) is 37.9 Å². The number of nitrogens with zero attached hydrogens (tertiary/aromatic N) is 3. The molecule has 0 saturated carbocycles. The SMILES string of the molecule is CC(C)Cc1nnc([C@@H](C)N2CCO[C@@H](C)C2)o1. The summed E-state index contributed by atoms with van der Waals surface area (Å²) in [6.45, 7) is 11.1. The summed E-state index contributed by atoms with van der Waals surface area (Å²) in [4.78, 5) is 2.33. The highest BCUT2D eigenvalue weighted by Gasteiger charge is 2.26. The van der Waals surface area contributed by atoms with Crippen molar-refractivity contribution in [2.45, 2.75) is 46.3 Å². The van der Waals surface area contributed by atoms with Gasteiger partial charge in [0.1, 0.15) is 0 Å². The van der Waals surface area contributed by atoms with E-state index in [1.54, 1.807) is 0 Å². The quantitative estimate of drug-likeness (QED) is 0.822. The highest BCUT2D eigenvalue weighted by molar-refractivity contribution is 4.91. The Bertz CT molecular complexity index is 378. The molecule has 2 rings (SSSR count). The molecule has 0 unspecified atom stereocenters. The van der Waals surface area contributed by atoms with Crippen molar-refractivity contribution in [3.8, 4) is 0 Å². The summed E-state index contributed by atoms with van der Waals surface area (Å²) in [5, 5.41) is 8.29. The molecule has 1 aliphatic heterocycles. The minimum absolute atomic E-state index is 0.171. The lowest BCUT2D eigenvalue weighted by molar-refractivity contribution is -0.0355. The Balaban J connectivity index is 1.99. The number of hydrogen-bond donors (Lipinski definition) is 0. The third-order valence-electron chi connectivity index (χ3n) is 3.24. The van der Waals surface area contributed by atoms with Crippen molar-refractivity contribution in [1.82, 2.24) is 15.1 Å². The van der Waals surface area contributed by atoms with Crippen LogP contribution in [0.2, 0.25) is 0 Å². The molecule has 5 nitrogen and oxygen atoms in total. The molecule has 0 aliphatic carbocycles. The average Bonchev–Trinajstić information content (AvgIpc) is 2.75. The van der Waals surface area contributed by atoms with Crippen LogP contribution in [0.3, 0.4) is 0 Å². The number of morpholine rings is 1. The van der Waals surface area contributed by atoms with Gasteiger partial charge in [0.15, 0.2) is 0 Å². The summed E-state index contributed by atoms with van der Waals surface area (Å²) >= 11 is 0. The minimum Gasteiger partial charge on any atom is -0.424 e. The van der Waals surface area contributed by atoms with Crippen LogP contribution in [-0.2, 0) is 11.2 Å². The topological polar surface area (TPSA) is 51.4 Å². The molecule has 0 amide bonds. The number of aromatic nitrogens is 2. The second kappa shape index (κ2) is 5.80. The lowest BCUT2D eigenvalue weighted by Gasteiger charge is -2.33. The van der Waals surface area contributed by atoms with Crippen molar-refractivity contribution in [2.75, 3.05) is 19.7 Å². The highest BCUT2D eigenvalue weighted by atomic mass is 16.5. The van der Waals surface area contributed by atoms with Gasteiger partial charge in [0.25, 0.3) is 0 Å². The molecule has 1 aliphatic rings. The summed E-state index contributed by atoms with van der Waals surface area (Å²) in [7, 11) is 0. The minimum atomic E-state index is 0.171.